The van der Waals surface area contributed by atoms with Gasteiger partial charge in [-0.2, -0.15) is 0 Å². The second kappa shape index (κ2) is 6.63. The highest BCUT2D eigenvalue weighted by atomic mass is 32.1. The number of rotatable bonds is 4. The second-order valence-electron chi connectivity index (χ2n) is 6.52. The first kappa shape index (κ1) is 15.7. The molecule has 1 atom stereocenters. The maximum Gasteiger partial charge on any atom is 0.247 e. The minimum Gasteiger partial charge on any atom is -0.419 e. The molecule has 1 saturated heterocycles. The van der Waals surface area contributed by atoms with Gasteiger partial charge in [0.05, 0.1) is 22.8 Å². The van der Waals surface area contributed by atoms with Crippen LogP contribution in [-0.4, -0.2) is 26.6 Å². The number of nitrogens with zero attached hydrogens (tertiary/aromatic N) is 4. The monoisotopic (exact) mass is 362 g/mol. The van der Waals surface area contributed by atoms with Crippen LogP contribution in [-0.2, 0) is 6.54 Å². The number of aromatic nitrogens is 3. The standard InChI is InChI=1S/C20H18N4OS/c1-2-7-14(8-3-1)19-23-22-18(25-19)13-24-12-6-10-16(24)20-21-15-9-4-5-11-17(15)26-20/h1-5,7-9,11,16H,6,10,12-13H2. The quantitative estimate of drug-likeness (QED) is 0.527. The number of hydrogen-bond acceptors (Lipinski definition) is 6. The number of hydrogen-bond donors (Lipinski definition) is 0. The molecule has 26 heavy (non-hydrogen) atoms. The molecule has 0 amide bonds. The molecule has 1 unspecified atom stereocenters. The summed E-state index contributed by atoms with van der Waals surface area (Å²) in [5.41, 5.74) is 2.04. The van der Waals surface area contributed by atoms with Crippen molar-refractivity contribution in [1.82, 2.24) is 20.1 Å². The van der Waals surface area contributed by atoms with Crippen LogP contribution < -0.4 is 0 Å². The zero-order valence-corrected chi connectivity index (χ0v) is 15.0. The zero-order valence-electron chi connectivity index (χ0n) is 14.2. The largest absolute Gasteiger partial charge is 0.419 e. The minimum absolute atomic E-state index is 0.333. The van der Waals surface area contributed by atoms with Gasteiger partial charge in [0.25, 0.3) is 0 Å². The van der Waals surface area contributed by atoms with E-state index in [-0.39, 0.29) is 0 Å². The summed E-state index contributed by atoms with van der Waals surface area (Å²) in [7, 11) is 0. The molecule has 0 aliphatic carbocycles. The van der Waals surface area contributed by atoms with Gasteiger partial charge in [0.1, 0.15) is 5.01 Å². The highest BCUT2D eigenvalue weighted by Crippen LogP contribution is 2.37. The van der Waals surface area contributed by atoms with Crippen LogP contribution in [0.3, 0.4) is 0 Å². The van der Waals surface area contributed by atoms with Gasteiger partial charge in [-0.3, -0.25) is 4.90 Å². The summed E-state index contributed by atoms with van der Waals surface area (Å²) in [6, 6.07) is 18.6. The maximum absolute atomic E-state index is 5.89. The van der Waals surface area contributed by atoms with Gasteiger partial charge < -0.3 is 4.42 Å². The zero-order chi connectivity index (χ0) is 17.3. The lowest BCUT2D eigenvalue weighted by Crippen LogP contribution is -2.22. The Balaban J connectivity index is 1.37. The van der Waals surface area contributed by atoms with E-state index in [0.717, 1.165) is 24.0 Å². The van der Waals surface area contributed by atoms with Crippen LogP contribution in [0, 0.1) is 0 Å². The molecular formula is C20H18N4OS. The molecule has 4 aromatic rings. The Morgan fingerprint density at radius 3 is 2.77 bits per heavy atom. The molecule has 5 rings (SSSR count). The third-order valence-electron chi connectivity index (χ3n) is 4.79. The number of benzene rings is 2. The van der Waals surface area contributed by atoms with Gasteiger partial charge in [0.15, 0.2) is 0 Å². The van der Waals surface area contributed by atoms with Crippen LogP contribution in [0.2, 0.25) is 0 Å². The van der Waals surface area contributed by atoms with Gasteiger partial charge in [-0.1, -0.05) is 30.3 Å². The number of thiazole rings is 1. The van der Waals surface area contributed by atoms with E-state index in [1.54, 1.807) is 11.3 Å². The average Bonchev–Trinajstić information content (AvgIpc) is 3.41. The highest BCUT2D eigenvalue weighted by molar-refractivity contribution is 7.18. The second-order valence-corrected chi connectivity index (χ2v) is 7.58. The Hall–Kier alpha value is -2.57. The van der Waals surface area contributed by atoms with Crippen molar-refractivity contribution in [3.8, 4) is 11.5 Å². The van der Waals surface area contributed by atoms with Crippen LogP contribution in [0.25, 0.3) is 21.7 Å². The number of likely N-dealkylation sites (tertiary alicyclic amines) is 1. The Morgan fingerprint density at radius 1 is 1.04 bits per heavy atom. The molecule has 1 aliphatic heterocycles. The van der Waals surface area contributed by atoms with E-state index in [9.17, 15) is 0 Å². The summed E-state index contributed by atoms with van der Waals surface area (Å²) in [5, 5.41) is 9.64. The van der Waals surface area contributed by atoms with Crippen LogP contribution in [0.1, 0.15) is 29.8 Å². The molecule has 2 aromatic carbocycles. The van der Waals surface area contributed by atoms with E-state index in [0.29, 0.717) is 24.4 Å². The predicted octanol–water partition coefficient (Wildman–Crippen LogP) is 4.68. The van der Waals surface area contributed by atoms with Crippen LogP contribution in [0.5, 0.6) is 0 Å². The average molecular weight is 362 g/mol. The van der Waals surface area contributed by atoms with E-state index in [4.69, 9.17) is 9.40 Å². The molecule has 0 saturated carbocycles. The van der Waals surface area contributed by atoms with Crippen LogP contribution >= 0.6 is 11.3 Å². The number of para-hydroxylation sites is 1. The van der Waals surface area contributed by atoms with E-state index in [1.165, 1.54) is 16.1 Å². The van der Waals surface area contributed by atoms with Crippen molar-refractivity contribution >= 4 is 21.6 Å². The Bertz CT molecular complexity index is 993. The number of fused-ring (bicyclic) bond motifs is 1. The highest BCUT2D eigenvalue weighted by Gasteiger charge is 2.30. The van der Waals surface area contributed by atoms with Crippen LogP contribution in [0.15, 0.2) is 59.0 Å². The third kappa shape index (κ3) is 2.91. The normalized spacial score (nSPS) is 17.9. The fourth-order valence-corrected chi connectivity index (χ4v) is 4.65. The van der Waals surface area contributed by atoms with Crippen molar-refractivity contribution in [2.45, 2.75) is 25.4 Å². The molecule has 130 valence electrons. The molecule has 0 spiro atoms. The molecular weight excluding hydrogens is 344 g/mol. The lowest BCUT2D eigenvalue weighted by Gasteiger charge is -2.20. The lowest BCUT2D eigenvalue weighted by atomic mass is 10.2. The van der Waals surface area contributed by atoms with Gasteiger partial charge in [-0.25, -0.2) is 4.98 Å². The van der Waals surface area contributed by atoms with E-state index in [1.807, 2.05) is 36.4 Å². The summed E-state index contributed by atoms with van der Waals surface area (Å²) in [6.07, 6.45) is 2.29. The molecule has 1 aliphatic rings. The van der Waals surface area contributed by atoms with Crippen molar-refractivity contribution in [1.29, 1.82) is 0 Å². The first-order valence-electron chi connectivity index (χ1n) is 8.84. The molecule has 1 fully saturated rings. The van der Waals surface area contributed by atoms with Gasteiger partial charge >= 0.3 is 0 Å². The first-order valence-corrected chi connectivity index (χ1v) is 9.66. The van der Waals surface area contributed by atoms with Crippen molar-refractivity contribution in [3.63, 3.8) is 0 Å². The SMILES string of the molecule is c1ccc(-c2nnc(CN3CCCC3c3nc4ccccc4s3)o2)cc1. The Kier molecular flexibility index (Phi) is 3.99. The Labute approximate surface area is 155 Å². The summed E-state index contributed by atoms with van der Waals surface area (Å²) in [5.74, 6) is 1.24. The van der Waals surface area contributed by atoms with E-state index < -0.39 is 0 Å². The summed E-state index contributed by atoms with van der Waals surface area (Å²) in [4.78, 5) is 7.25. The van der Waals surface area contributed by atoms with Crippen molar-refractivity contribution < 1.29 is 4.42 Å². The van der Waals surface area contributed by atoms with Crippen molar-refractivity contribution in [3.05, 3.63) is 65.5 Å². The topological polar surface area (TPSA) is 55.1 Å². The summed E-state index contributed by atoms with van der Waals surface area (Å²) >= 11 is 1.79. The van der Waals surface area contributed by atoms with Crippen LogP contribution in [0.4, 0.5) is 0 Å². The molecule has 3 heterocycles. The maximum atomic E-state index is 5.89. The van der Waals surface area contributed by atoms with Crippen molar-refractivity contribution in [2.24, 2.45) is 0 Å². The molecule has 6 heteroatoms. The molecule has 0 N–H and O–H groups in total. The molecule has 2 aromatic heterocycles. The lowest BCUT2D eigenvalue weighted by molar-refractivity contribution is 0.224. The van der Waals surface area contributed by atoms with Gasteiger partial charge in [0, 0.05) is 5.56 Å². The van der Waals surface area contributed by atoms with Gasteiger partial charge in [-0.05, 0) is 43.7 Å². The first-order chi connectivity index (χ1) is 12.9. The Morgan fingerprint density at radius 2 is 1.88 bits per heavy atom. The van der Waals surface area contributed by atoms with E-state index in [2.05, 4.69) is 33.3 Å². The van der Waals surface area contributed by atoms with Gasteiger partial charge in [-0.15, -0.1) is 21.5 Å². The summed E-state index contributed by atoms with van der Waals surface area (Å²) in [6.45, 7) is 1.70. The van der Waals surface area contributed by atoms with Gasteiger partial charge in [0.2, 0.25) is 11.8 Å². The minimum atomic E-state index is 0.333. The van der Waals surface area contributed by atoms with E-state index >= 15 is 0 Å². The predicted molar refractivity (Wildman–Crippen MR) is 102 cm³/mol. The third-order valence-corrected chi connectivity index (χ3v) is 5.92. The molecule has 5 nitrogen and oxygen atoms in total. The molecule has 0 radical (unpaired) electrons. The fraction of sp³-hybridized carbons (Fsp3) is 0.250. The smallest absolute Gasteiger partial charge is 0.247 e. The van der Waals surface area contributed by atoms with Crippen molar-refractivity contribution in [2.75, 3.05) is 6.54 Å². The fourth-order valence-electron chi connectivity index (χ4n) is 3.52. The summed E-state index contributed by atoms with van der Waals surface area (Å²) < 4.78 is 7.14. The molecule has 0 bridgehead atoms.